The van der Waals surface area contributed by atoms with Gasteiger partial charge in [-0.25, -0.2) is 4.98 Å². The van der Waals surface area contributed by atoms with Crippen molar-refractivity contribution in [3.63, 3.8) is 0 Å². The van der Waals surface area contributed by atoms with Gasteiger partial charge < -0.3 is 14.4 Å². The maximum atomic E-state index is 13.4. The van der Waals surface area contributed by atoms with E-state index in [-0.39, 0.29) is 11.9 Å². The Bertz CT molecular complexity index is 1240. The van der Waals surface area contributed by atoms with Crippen LogP contribution in [0, 0.1) is 0 Å². The zero-order valence-corrected chi connectivity index (χ0v) is 20.9. The third-order valence-corrected chi connectivity index (χ3v) is 8.87. The number of benzene rings is 2. The molecule has 5 rings (SSSR count). The van der Waals surface area contributed by atoms with Crippen molar-refractivity contribution in [3.8, 4) is 11.5 Å². The van der Waals surface area contributed by atoms with E-state index in [2.05, 4.69) is 23.6 Å². The Morgan fingerprint density at radius 3 is 2.73 bits per heavy atom. The van der Waals surface area contributed by atoms with E-state index in [9.17, 15) is 4.79 Å². The predicted molar refractivity (Wildman–Crippen MR) is 137 cm³/mol. The summed E-state index contributed by atoms with van der Waals surface area (Å²) >= 11 is 5.01. The summed E-state index contributed by atoms with van der Waals surface area (Å²) in [4.78, 5) is 21.3. The summed E-state index contributed by atoms with van der Waals surface area (Å²) in [6.07, 6.45) is 0.797. The van der Waals surface area contributed by atoms with Crippen LogP contribution in [0.3, 0.4) is 0 Å². The Balaban J connectivity index is 1.36. The number of thiazole rings is 1. The number of aromatic nitrogens is 1. The monoisotopic (exact) mass is 496 g/mol. The highest BCUT2D eigenvalue weighted by Gasteiger charge is 2.33. The summed E-state index contributed by atoms with van der Waals surface area (Å²) < 4.78 is 12.3. The summed E-state index contributed by atoms with van der Waals surface area (Å²) in [5.41, 5.74) is 3.35. The quantitative estimate of drug-likeness (QED) is 0.325. The molecule has 1 atom stereocenters. The highest BCUT2D eigenvalue weighted by atomic mass is 32.2. The minimum Gasteiger partial charge on any atom is -0.493 e. The fourth-order valence-corrected chi connectivity index (χ4v) is 7.04. The van der Waals surface area contributed by atoms with Gasteiger partial charge in [0.1, 0.15) is 5.01 Å². The molecule has 0 saturated carbocycles. The van der Waals surface area contributed by atoms with E-state index in [1.807, 2.05) is 35.2 Å². The summed E-state index contributed by atoms with van der Waals surface area (Å²) in [5, 5.41) is 3.12. The average molecular weight is 497 g/mol. The van der Waals surface area contributed by atoms with Gasteiger partial charge >= 0.3 is 0 Å². The first-order chi connectivity index (χ1) is 16.2. The minimum absolute atomic E-state index is 0.107. The zero-order valence-electron chi connectivity index (χ0n) is 18.4. The number of thiophene rings is 1. The standard InChI is InChI=1S/C25H24N2O3S3/c1-29-19-12-16-9-10-27(25(22-8-5-11-32-22)17(16)13-20(19)30-2)24(28)15-31-14-23-26-18-6-3-4-7-21(18)33-23/h3-8,11-13,25H,9-10,14-15H2,1-2H3. The van der Waals surface area contributed by atoms with Crippen LogP contribution in [0.1, 0.15) is 27.1 Å². The van der Waals surface area contributed by atoms with Crippen LogP contribution in [0.25, 0.3) is 10.2 Å². The largest absolute Gasteiger partial charge is 0.493 e. The lowest BCUT2D eigenvalue weighted by Crippen LogP contribution is -2.41. The van der Waals surface area contributed by atoms with Gasteiger partial charge in [0.15, 0.2) is 11.5 Å². The van der Waals surface area contributed by atoms with Crippen LogP contribution < -0.4 is 9.47 Å². The van der Waals surface area contributed by atoms with Crippen LogP contribution >= 0.6 is 34.4 Å². The molecule has 1 amide bonds. The number of ether oxygens (including phenoxy) is 2. The van der Waals surface area contributed by atoms with E-state index in [0.29, 0.717) is 18.0 Å². The fourth-order valence-electron chi connectivity index (χ4n) is 4.26. The lowest BCUT2D eigenvalue weighted by molar-refractivity contribution is -0.130. The molecule has 2 aromatic heterocycles. The molecule has 33 heavy (non-hydrogen) atoms. The summed E-state index contributed by atoms with van der Waals surface area (Å²) in [6, 6.07) is 16.3. The van der Waals surface area contributed by atoms with Gasteiger partial charge in [0, 0.05) is 17.2 Å². The van der Waals surface area contributed by atoms with Crippen LogP contribution in [0.4, 0.5) is 0 Å². The van der Waals surface area contributed by atoms with E-state index >= 15 is 0 Å². The molecule has 0 N–H and O–H groups in total. The molecule has 0 spiro atoms. The third-order valence-electron chi connectivity index (χ3n) is 5.80. The number of methoxy groups -OCH3 is 2. The molecule has 0 aliphatic carbocycles. The average Bonchev–Trinajstić information content (AvgIpc) is 3.52. The molecule has 170 valence electrons. The van der Waals surface area contributed by atoms with Crippen molar-refractivity contribution in [2.24, 2.45) is 0 Å². The first-order valence-electron chi connectivity index (χ1n) is 10.7. The van der Waals surface area contributed by atoms with Gasteiger partial charge in [-0.2, -0.15) is 0 Å². The highest BCUT2D eigenvalue weighted by molar-refractivity contribution is 7.99. The number of amides is 1. The Hall–Kier alpha value is -2.55. The number of thioether (sulfide) groups is 1. The number of fused-ring (bicyclic) bond motifs is 2. The molecule has 5 nitrogen and oxygen atoms in total. The maximum absolute atomic E-state index is 13.4. The van der Waals surface area contributed by atoms with Gasteiger partial charge in [-0.3, -0.25) is 4.79 Å². The minimum atomic E-state index is -0.107. The molecule has 3 heterocycles. The van der Waals surface area contributed by atoms with Gasteiger partial charge in [-0.1, -0.05) is 18.2 Å². The summed E-state index contributed by atoms with van der Waals surface area (Å²) in [5.74, 6) is 2.74. The van der Waals surface area contributed by atoms with E-state index in [1.165, 1.54) is 10.3 Å². The number of hydrogen-bond donors (Lipinski definition) is 0. The summed E-state index contributed by atoms with van der Waals surface area (Å²) in [6.45, 7) is 0.686. The molecule has 1 aliphatic heterocycles. The second kappa shape index (κ2) is 9.75. The molecule has 0 fully saturated rings. The van der Waals surface area contributed by atoms with Crippen LogP contribution in [0.2, 0.25) is 0 Å². The molecular weight excluding hydrogens is 472 g/mol. The number of para-hydroxylation sites is 1. The first-order valence-corrected chi connectivity index (χ1v) is 13.5. The normalized spacial score (nSPS) is 15.5. The molecule has 4 aromatic rings. The van der Waals surface area contributed by atoms with Crippen molar-refractivity contribution in [1.82, 2.24) is 9.88 Å². The maximum Gasteiger partial charge on any atom is 0.233 e. The first kappa shape index (κ1) is 22.3. The molecule has 1 unspecified atom stereocenters. The molecular formula is C25H24N2O3S3. The van der Waals surface area contributed by atoms with Gasteiger partial charge in [0.25, 0.3) is 0 Å². The van der Waals surface area contributed by atoms with Crippen LogP contribution in [-0.4, -0.2) is 42.3 Å². The third kappa shape index (κ3) is 4.47. The van der Waals surface area contributed by atoms with Gasteiger partial charge in [0.05, 0.1) is 36.2 Å². The molecule has 2 aromatic carbocycles. The van der Waals surface area contributed by atoms with Crippen molar-refractivity contribution in [1.29, 1.82) is 0 Å². The molecule has 0 radical (unpaired) electrons. The van der Waals surface area contributed by atoms with Gasteiger partial charge in [-0.15, -0.1) is 34.4 Å². The van der Waals surface area contributed by atoms with Crippen molar-refractivity contribution in [2.75, 3.05) is 26.5 Å². The van der Waals surface area contributed by atoms with Gasteiger partial charge in [0.2, 0.25) is 5.91 Å². The second-order valence-corrected chi connectivity index (χ2v) is 10.8. The predicted octanol–water partition coefficient (Wildman–Crippen LogP) is 5.78. The second-order valence-electron chi connectivity index (χ2n) is 7.73. The smallest absolute Gasteiger partial charge is 0.233 e. The SMILES string of the molecule is COc1cc2c(cc1OC)C(c1cccs1)N(C(=O)CSCc1nc3ccccc3s1)CC2. The molecule has 0 saturated heterocycles. The van der Waals surface area contributed by atoms with Crippen molar-refractivity contribution < 1.29 is 14.3 Å². The number of carbonyl (C=O) groups excluding carboxylic acids is 1. The zero-order chi connectivity index (χ0) is 22.8. The number of carbonyl (C=O) groups is 1. The topological polar surface area (TPSA) is 51.7 Å². The Kier molecular flexibility index (Phi) is 6.57. The molecule has 1 aliphatic rings. The summed E-state index contributed by atoms with van der Waals surface area (Å²) in [7, 11) is 3.30. The number of nitrogens with zero attached hydrogens (tertiary/aromatic N) is 2. The van der Waals surface area contributed by atoms with Crippen molar-refractivity contribution in [2.45, 2.75) is 18.2 Å². The fraction of sp³-hybridized carbons (Fsp3) is 0.280. The van der Waals surface area contributed by atoms with Crippen molar-refractivity contribution >= 4 is 50.6 Å². The lowest BCUT2D eigenvalue weighted by Gasteiger charge is -2.37. The van der Waals surface area contributed by atoms with Crippen molar-refractivity contribution in [3.05, 3.63) is 74.9 Å². The number of hydrogen-bond acceptors (Lipinski definition) is 7. The Labute approximate surface area is 205 Å². The Morgan fingerprint density at radius 1 is 1.15 bits per heavy atom. The van der Waals surface area contributed by atoms with E-state index < -0.39 is 0 Å². The van der Waals surface area contributed by atoms with E-state index in [0.717, 1.165) is 38.9 Å². The van der Waals surface area contributed by atoms with E-state index in [4.69, 9.17) is 14.5 Å². The highest BCUT2D eigenvalue weighted by Crippen LogP contribution is 2.42. The number of rotatable bonds is 7. The Morgan fingerprint density at radius 2 is 1.97 bits per heavy atom. The lowest BCUT2D eigenvalue weighted by atomic mass is 9.91. The van der Waals surface area contributed by atoms with Crippen LogP contribution in [0.15, 0.2) is 53.9 Å². The van der Waals surface area contributed by atoms with Crippen LogP contribution in [0.5, 0.6) is 11.5 Å². The van der Waals surface area contributed by atoms with E-state index in [1.54, 1.807) is 48.7 Å². The molecule has 8 heteroatoms. The van der Waals surface area contributed by atoms with Crippen LogP contribution in [-0.2, 0) is 17.0 Å². The molecule has 0 bridgehead atoms. The van der Waals surface area contributed by atoms with Gasteiger partial charge in [-0.05, 0) is 53.3 Å².